The maximum atomic E-state index is 11.5. The third-order valence-corrected chi connectivity index (χ3v) is 4.64. The van der Waals surface area contributed by atoms with Crippen molar-refractivity contribution < 1.29 is 18.3 Å². The zero-order valence-electron chi connectivity index (χ0n) is 13.1. The smallest absolute Gasteiger partial charge is 0.252 e. The number of pyridine rings is 1. The molecule has 1 fully saturated rings. The van der Waals surface area contributed by atoms with Gasteiger partial charge in [-0.05, 0) is 12.1 Å². The van der Waals surface area contributed by atoms with Crippen LogP contribution in [0.25, 0.3) is 0 Å². The van der Waals surface area contributed by atoms with E-state index in [9.17, 15) is 18.3 Å². The van der Waals surface area contributed by atoms with Crippen molar-refractivity contribution in [1.29, 1.82) is 0 Å². The standard InChI is InChI=1S/C14H22N4O4S/c1-23(21,22)8-7-17-5-6-18(10-11(19)9-17)14-12(13(15)20)3-2-4-16-14/h2-4,11,19H,5-10H2,1H3,(H2,15,20)/t11-/m0/s1. The number of carbonyl (C=O) groups is 1. The molecule has 0 aliphatic carbocycles. The number of sulfone groups is 1. The first-order valence-electron chi connectivity index (χ1n) is 7.34. The SMILES string of the molecule is CS(=O)(=O)CCN1CCN(c2ncccc2C(N)=O)C[C@@H](O)C1. The first-order chi connectivity index (χ1) is 10.8. The molecule has 2 rings (SSSR count). The fourth-order valence-corrected chi connectivity index (χ4v) is 3.18. The fourth-order valence-electron chi connectivity index (χ4n) is 2.59. The zero-order valence-corrected chi connectivity index (χ0v) is 13.9. The maximum absolute atomic E-state index is 11.5. The van der Waals surface area contributed by atoms with E-state index < -0.39 is 21.8 Å². The molecule has 1 aromatic heterocycles. The number of aromatic nitrogens is 1. The van der Waals surface area contributed by atoms with Gasteiger partial charge in [-0.25, -0.2) is 13.4 Å². The number of aliphatic hydroxyl groups excluding tert-OH is 1. The molecule has 9 heteroatoms. The molecule has 0 saturated carbocycles. The first-order valence-corrected chi connectivity index (χ1v) is 9.40. The molecule has 3 N–H and O–H groups in total. The van der Waals surface area contributed by atoms with Crippen LogP contribution in [0.1, 0.15) is 10.4 Å². The van der Waals surface area contributed by atoms with Crippen LogP contribution in [0.4, 0.5) is 5.82 Å². The highest BCUT2D eigenvalue weighted by Gasteiger charge is 2.25. The van der Waals surface area contributed by atoms with Crippen LogP contribution in [-0.4, -0.2) is 80.2 Å². The highest BCUT2D eigenvalue weighted by Crippen LogP contribution is 2.18. The summed E-state index contributed by atoms with van der Waals surface area (Å²) in [5.74, 6) is -0.0691. The zero-order chi connectivity index (χ0) is 17.0. The highest BCUT2D eigenvalue weighted by molar-refractivity contribution is 7.90. The molecule has 1 saturated heterocycles. The average molecular weight is 342 g/mol. The molecule has 0 unspecified atom stereocenters. The van der Waals surface area contributed by atoms with Crippen molar-refractivity contribution in [3.05, 3.63) is 23.9 Å². The van der Waals surface area contributed by atoms with Gasteiger partial charge in [0.2, 0.25) is 0 Å². The van der Waals surface area contributed by atoms with Crippen molar-refractivity contribution >= 4 is 21.6 Å². The summed E-state index contributed by atoms with van der Waals surface area (Å²) < 4.78 is 22.6. The van der Waals surface area contributed by atoms with Gasteiger partial charge in [-0.15, -0.1) is 0 Å². The number of rotatable bonds is 5. The summed E-state index contributed by atoms with van der Waals surface area (Å²) in [4.78, 5) is 19.4. The van der Waals surface area contributed by atoms with Gasteiger partial charge in [0.1, 0.15) is 15.7 Å². The van der Waals surface area contributed by atoms with Crippen LogP contribution in [-0.2, 0) is 9.84 Å². The molecule has 0 aromatic carbocycles. The van der Waals surface area contributed by atoms with Crippen LogP contribution in [0.3, 0.4) is 0 Å². The van der Waals surface area contributed by atoms with Gasteiger partial charge < -0.3 is 15.7 Å². The number of amides is 1. The lowest BCUT2D eigenvalue weighted by Crippen LogP contribution is -2.36. The summed E-state index contributed by atoms with van der Waals surface area (Å²) in [6.45, 7) is 2.16. The third-order valence-electron chi connectivity index (χ3n) is 3.72. The second kappa shape index (κ2) is 7.24. The summed E-state index contributed by atoms with van der Waals surface area (Å²) in [7, 11) is -3.05. The number of nitrogens with two attached hydrogens (primary N) is 1. The van der Waals surface area contributed by atoms with E-state index in [1.165, 1.54) is 6.26 Å². The van der Waals surface area contributed by atoms with Crippen LogP contribution >= 0.6 is 0 Å². The molecular formula is C14H22N4O4S. The monoisotopic (exact) mass is 342 g/mol. The second-order valence-corrected chi connectivity index (χ2v) is 8.03. The average Bonchev–Trinajstić information content (AvgIpc) is 2.66. The fraction of sp³-hybridized carbons (Fsp3) is 0.571. The minimum absolute atomic E-state index is 0.0514. The molecule has 0 radical (unpaired) electrons. The number of hydrogen-bond acceptors (Lipinski definition) is 7. The predicted molar refractivity (Wildman–Crippen MR) is 87.1 cm³/mol. The quantitative estimate of drug-likeness (QED) is 0.683. The highest BCUT2D eigenvalue weighted by atomic mass is 32.2. The normalized spacial score (nSPS) is 20.3. The Labute approximate surface area is 135 Å². The van der Waals surface area contributed by atoms with E-state index in [4.69, 9.17) is 5.73 Å². The summed E-state index contributed by atoms with van der Waals surface area (Å²) in [6, 6.07) is 3.24. The van der Waals surface area contributed by atoms with Gasteiger partial charge in [0.25, 0.3) is 5.91 Å². The van der Waals surface area contributed by atoms with E-state index in [0.29, 0.717) is 44.1 Å². The molecule has 8 nitrogen and oxygen atoms in total. The number of β-amino-alcohol motifs (C(OH)–C–C–N with tert-alkyl or cyclic N) is 1. The van der Waals surface area contributed by atoms with Crippen LogP contribution in [0.5, 0.6) is 0 Å². The Balaban J connectivity index is 2.11. The van der Waals surface area contributed by atoms with E-state index in [-0.39, 0.29) is 5.75 Å². The van der Waals surface area contributed by atoms with E-state index in [0.717, 1.165) is 0 Å². The Morgan fingerprint density at radius 3 is 2.83 bits per heavy atom. The van der Waals surface area contributed by atoms with Crippen molar-refractivity contribution in [2.24, 2.45) is 5.73 Å². The number of primary amides is 1. The van der Waals surface area contributed by atoms with Crippen LogP contribution in [0.15, 0.2) is 18.3 Å². The van der Waals surface area contributed by atoms with Gasteiger partial charge in [0.05, 0.1) is 17.4 Å². The van der Waals surface area contributed by atoms with Crippen LogP contribution in [0, 0.1) is 0 Å². The van der Waals surface area contributed by atoms with E-state index in [2.05, 4.69) is 4.98 Å². The molecule has 1 aromatic rings. The molecule has 1 amide bonds. The molecule has 1 aliphatic rings. The third kappa shape index (κ3) is 5.15. The van der Waals surface area contributed by atoms with Gasteiger partial charge in [-0.3, -0.25) is 9.69 Å². The van der Waals surface area contributed by atoms with Crippen LogP contribution in [0.2, 0.25) is 0 Å². The summed E-state index contributed by atoms with van der Waals surface area (Å²) in [5.41, 5.74) is 5.68. The van der Waals surface area contributed by atoms with Gasteiger partial charge in [-0.1, -0.05) is 0 Å². The van der Waals surface area contributed by atoms with Crippen molar-refractivity contribution in [2.75, 3.05) is 49.6 Å². The summed E-state index contributed by atoms with van der Waals surface area (Å²) >= 11 is 0. The number of aliphatic hydroxyl groups is 1. The molecule has 2 heterocycles. The Bertz CT molecular complexity index is 664. The Kier molecular flexibility index (Phi) is 5.55. The van der Waals surface area contributed by atoms with Gasteiger partial charge in [0, 0.05) is 45.2 Å². The minimum Gasteiger partial charge on any atom is -0.390 e. The number of nitrogens with zero attached hydrogens (tertiary/aromatic N) is 3. The summed E-state index contributed by atoms with van der Waals surface area (Å²) in [5, 5.41) is 10.2. The number of carbonyl (C=O) groups excluding carboxylic acids is 1. The molecule has 1 atom stereocenters. The molecule has 1 aliphatic heterocycles. The van der Waals surface area contributed by atoms with Gasteiger partial charge >= 0.3 is 0 Å². The number of anilines is 1. The van der Waals surface area contributed by atoms with E-state index in [1.807, 2.05) is 9.80 Å². The Morgan fingerprint density at radius 1 is 1.43 bits per heavy atom. The van der Waals surface area contributed by atoms with Gasteiger partial charge in [-0.2, -0.15) is 0 Å². The largest absolute Gasteiger partial charge is 0.390 e. The van der Waals surface area contributed by atoms with Crippen molar-refractivity contribution in [3.63, 3.8) is 0 Å². The van der Waals surface area contributed by atoms with Gasteiger partial charge in [0.15, 0.2) is 0 Å². The molecule has 128 valence electrons. The van der Waals surface area contributed by atoms with Crippen molar-refractivity contribution in [2.45, 2.75) is 6.10 Å². The Hall–Kier alpha value is -1.71. The minimum atomic E-state index is -3.05. The lowest BCUT2D eigenvalue weighted by atomic mass is 10.2. The second-order valence-electron chi connectivity index (χ2n) is 5.77. The van der Waals surface area contributed by atoms with Crippen LogP contribution < -0.4 is 10.6 Å². The molecule has 0 spiro atoms. The Morgan fingerprint density at radius 2 is 2.17 bits per heavy atom. The summed E-state index contributed by atoms with van der Waals surface area (Å²) in [6.07, 6.45) is 2.10. The van der Waals surface area contributed by atoms with Crippen molar-refractivity contribution in [1.82, 2.24) is 9.88 Å². The number of hydrogen-bond donors (Lipinski definition) is 2. The van der Waals surface area contributed by atoms with E-state index in [1.54, 1.807) is 18.3 Å². The predicted octanol–water partition coefficient (Wildman–Crippen LogP) is -1.29. The first kappa shape index (κ1) is 17.6. The molecular weight excluding hydrogens is 320 g/mol. The van der Waals surface area contributed by atoms with E-state index >= 15 is 0 Å². The van der Waals surface area contributed by atoms with Crippen molar-refractivity contribution in [3.8, 4) is 0 Å². The topological polar surface area (TPSA) is 117 Å². The molecule has 23 heavy (non-hydrogen) atoms. The lowest BCUT2D eigenvalue weighted by molar-refractivity contribution is 0.1000. The molecule has 0 bridgehead atoms. The maximum Gasteiger partial charge on any atom is 0.252 e. The lowest BCUT2D eigenvalue weighted by Gasteiger charge is -2.24.